The third kappa shape index (κ3) is 5.57. The van der Waals surface area contributed by atoms with Crippen LogP contribution in [0.5, 0.6) is 0 Å². The molecule has 1 aromatic heterocycles. The van der Waals surface area contributed by atoms with Crippen molar-refractivity contribution in [1.29, 1.82) is 0 Å². The molecule has 154 valence electrons. The molecule has 2 atom stereocenters. The molecular formula is C23H28N2O4. The Balaban J connectivity index is 1.73. The first-order valence-corrected chi connectivity index (χ1v) is 9.72. The molecule has 0 bridgehead atoms. The molecule has 3 aromatic rings. The van der Waals surface area contributed by atoms with Gasteiger partial charge in [-0.15, -0.1) is 0 Å². The minimum absolute atomic E-state index is 0.0267. The van der Waals surface area contributed by atoms with Gasteiger partial charge in [0.25, 0.3) is 0 Å². The Bertz CT molecular complexity index is 987. The highest BCUT2D eigenvalue weighted by atomic mass is 16.6. The Morgan fingerprint density at radius 2 is 1.86 bits per heavy atom. The fourth-order valence-electron chi connectivity index (χ4n) is 3.24. The zero-order chi connectivity index (χ0) is 21.2. The van der Waals surface area contributed by atoms with Crippen LogP contribution in [0.3, 0.4) is 0 Å². The molecule has 1 unspecified atom stereocenters. The van der Waals surface area contributed by atoms with Gasteiger partial charge in [0.15, 0.2) is 5.58 Å². The molecule has 0 fully saturated rings. The summed E-state index contributed by atoms with van der Waals surface area (Å²) < 4.78 is 11.1. The number of oxazole rings is 1. The van der Waals surface area contributed by atoms with Crippen LogP contribution in [0.2, 0.25) is 0 Å². The average Bonchev–Trinajstić information content (AvgIpc) is 3.03. The molecular weight excluding hydrogens is 368 g/mol. The Morgan fingerprint density at radius 1 is 1.17 bits per heavy atom. The molecule has 1 amide bonds. The Labute approximate surface area is 170 Å². The topological polar surface area (TPSA) is 84.6 Å². The Morgan fingerprint density at radius 3 is 2.52 bits per heavy atom. The van der Waals surface area contributed by atoms with Crippen LogP contribution in [0, 0.1) is 0 Å². The maximum atomic E-state index is 12.0. The van der Waals surface area contributed by atoms with Gasteiger partial charge in [0.2, 0.25) is 5.89 Å². The van der Waals surface area contributed by atoms with E-state index in [0.29, 0.717) is 17.9 Å². The molecule has 0 aliphatic carbocycles. The molecule has 1 heterocycles. The summed E-state index contributed by atoms with van der Waals surface area (Å²) >= 11 is 0. The van der Waals surface area contributed by atoms with Crippen molar-refractivity contribution in [2.45, 2.75) is 58.3 Å². The van der Waals surface area contributed by atoms with Crippen LogP contribution in [-0.4, -0.2) is 27.5 Å². The number of carbonyl (C=O) groups is 1. The van der Waals surface area contributed by atoms with Crippen LogP contribution in [-0.2, 0) is 4.74 Å². The lowest BCUT2D eigenvalue weighted by Gasteiger charge is -2.29. The van der Waals surface area contributed by atoms with Gasteiger partial charge in [-0.1, -0.05) is 31.2 Å². The van der Waals surface area contributed by atoms with Gasteiger partial charge in [-0.3, -0.25) is 5.32 Å². The van der Waals surface area contributed by atoms with Crippen molar-refractivity contribution in [3.8, 4) is 11.5 Å². The van der Waals surface area contributed by atoms with Gasteiger partial charge in [0.1, 0.15) is 16.8 Å². The third-order valence-corrected chi connectivity index (χ3v) is 4.48. The maximum Gasteiger partial charge on any atom is 0.409 e. The number of fused-ring (bicyclic) bond motifs is 1. The van der Waals surface area contributed by atoms with Crippen LogP contribution in [0.4, 0.5) is 4.79 Å². The second-order valence-corrected chi connectivity index (χ2v) is 8.62. The number of aliphatic hydroxyl groups is 1. The number of hydrogen-bond donors (Lipinski definition) is 2. The average molecular weight is 396 g/mol. The normalized spacial score (nSPS) is 15.0. The zero-order valence-corrected chi connectivity index (χ0v) is 17.5. The van der Waals surface area contributed by atoms with Crippen molar-refractivity contribution in [1.82, 2.24) is 10.3 Å². The number of hydrogen-bond acceptors (Lipinski definition) is 5. The number of benzene rings is 2. The molecule has 0 saturated heterocycles. The molecule has 0 radical (unpaired) electrons. The second kappa shape index (κ2) is 7.87. The minimum Gasteiger partial charge on any atom is -0.444 e. The van der Waals surface area contributed by atoms with Gasteiger partial charge in [0.05, 0.1) is 0 Å². The van der Waals surface area contributed by atoms with E-state index in [9.17, 15) is 9.90 Å². The van der Waals surface area contributed by atoms with Gasteiger partial charge in [0, 0.05) is 12.0 Å². The van der Waals surface area contributed by atoms with Crippen molar-refractivity contribution in [2.24, 2.45) is 0 Å². The SMILES string of the molecule is CC(C[C@@](C)(O)NC(=O)OC(C)(C)C)c1ccc2oc(-c3ccccc3)nc2c1. The largest absolute Gasteiger partial charge is 0.444 e. The summed E-state index contributed by atoms with van der Waals surface area (Å²) in [7, 11) is 0. The summed E-state index contributed by atoms with van der Waals surface area (Å²) in [5.41, 5.74) is 1.35. The fourth-order valence-corrected chi connectivity index (χ4v) is 3.24. The molecule has 6 nitrogen and oxygen atoms in total. The number of amides is 1. The van der Waals surface area contributed by atoms with Crippen LogP contribution in [0.25, 0.3) is 22.6 Å². The summed E-state index contributed by atoms with van der Waals surface area (Å²) in [6.45, 7) is 8.89. The number of ether oxygens (including phenoxy) is 1. The molecule has 2 aromatic carbocycles. The van der Waals surface area contributed by atoms with E-state index in [1.807, 2.05) is 55.5 Å². The highest BCUT2D eigenvalue weighted by molar-refractivity contribution is 5.77. The molecule has 6 heteroatoms. The molecule has 0 aliphatic rings. The van der Waals surface area contributed by atoms with E-state index in [1.165, 1.54) is 0 Å². The summed E-state index contributed by atoms with van der Waals surface area (Å²) in [5, 5.41) is 13.2. The molecule has 2 N–H and O–H groups in total. The Hall–Kier alpha value is -2.86. The molecule has 0 aliphatic heterocycles. The molecule has 0 saturated carbocycles. The Kier molecular flexibility index (Phi) is 5.66. The van der Waals surface area contributed by atoms with E-state index >= 15 is 0 Å². The van der Waals surface area contributed by atoms with E-state index in [1.54, 1.807) is 27.7 Å². The standard InChI is InChI=1S/C23H28N2O4/c1-15(14-23(5,27)25-21(26)29-22(2,3)4)17-11-12-19-18(13-17)24-20(28-19)16-9-7-6-8-10-16/h6-13,15,27H,14H2,1-5H3,(H,25,26)/t15?,23-/m1/s1. The number of rotatable bonds is 5. The van der Waals surface area contributed by atoms with Crippen molar-refractivity contribution in [3.05, 3.63) is 54.1 Å². The second-order valence-electron chi connectivity index (χ2n) is 8.62. The van der Waals surface area contributed by atoms with E-state index in [0.717, 1.165) is 16.6 Å². The number of nitrogens with zero attached hydrogens (tertiary/aromatic N) is 1. The van der Waals surface area contributed by atoms with Crippen LogP contribution in [0.15, 0.2) is 52.9 Å². The minimum atomic E-state index is -1.41. The smallest absolute Gasteiger partial charge is 0.409 e. The molecule has 0 spiro atoms. The lowest BCUT2D eigenvalue weighted by molar-refractivity contribution is -0.0102. The monoisotopic (exact) mass is 396 g/mol. The maximum absolute atomic E-state index is 12.0. The first kappa shape index (κ1) is 20.9. The first-order chi connectivity index (χ1) is 13.5. The van der Waals surface area contributed by atoms with Gasteiger partial charge in [-0.05, 0) is 63.4 Å². The zero-order valence-electron chi connectivity index (χ0n) is 17.5. The number of aromatic nitrogens is 1. The number of nitrogens with one attached hydrogen (secondary N) is 1. The van der Waals surface area contributed by atoms with Crippen molar-refractivity contribution in [3.63, 3.8) is 0 Å². The predicted molar refractivity (Wildman–Crippen MR) is 112 cm³/mol. The van der Waals surface area contributed by atoms with E-state index < -0.39 is 17.4 Å². The lowest BCUT2D eigenvalue weighted by atomic mass is 9.92. The van der Waals surface area contributed by atoms with E-state index in [4.69, 9.17) is 9.15 Å². The molecule has 3 rings (SSSR count). The summed E-state index contributed by atoms with van der Waals surface area (Å²) in [6.07, 6.45) is -0.324. The quantitative estimate of drug-likeness (QED) is 0.578. The van der Waals surface area contributed by atoms with E-state index in [2.05, 4.69) is 10.3 Å². The number of alkyl carbamates (subject to hydrolysis) is 1. The van der Waals surface area contributed by atoms with Crippen LogP contribution >= 0.6 is 0 Å². The van der Waals surface area contributed by atoms with Crippen molar-refractivity contribution in [2.75, 3.05) is 0 Å². The van der Waals surface area contributed by atoms with Gasteiger partial charge >= 0.3 is 6.09 Å². The highest BCUT2D eigenvalue weighted by Gasteiger charge is 2.29. The van der Waals surface area contributed by atoms with Gasteiger partial charge in [-0.2, -0.15) is 0 Å². The highest BCUT2D eigenvalue weighted by Crippen LogP contribution is 2.30. The fraction of sp³-hybridized carbons (Fsp3) is 0.391. The first-order valence-electron chi connectivity index (χ1n) is 9.72. The molecule has 29 heavy (non-hydrogen) atoms. The van der Waals surface area contributed by atoms with Gasteiger partial charge in [-0.25, -0.2) is 9.78 Å². The summed E-state index contributed by atoms with van der Waals surface area (Å²) in [5.74, 6) is 0.546. The third-order valence-electron chi connectivity index (χ3n) is 4.48. The van der Waals surface area contributed by atoms with E-state index in [-0.39, 0.29) is 5.92 Å². The van der Waals surface area contributed by atoms with Crippen LogP contribution < -0.4 is 5.32 Å². The number of carbonyl (C=O) groups excluding carboxylic acids is 1. The summed E-state index contributed by atoms with van der Waals surface area (Å²) in [4.78, 5) is 16.6. The van der Waals surface area contributed by atoms with Crippen molar-refractivity contribution >= 4 is 17.2 Å². The predicted octanol–water partition coefficient (Wildman–Crippen LogP) is 5.22. The van der Waals surface area contributed by atoms with Crippen molar-refractivity contribution < 1.29 is 19.1 Å². The summed E-state index contributed by atoms with van der Waals surface area (Å²) in [6, 6.07) is 15.5. The van der Waals surface area contributed by atoms with Gasteiger partial charge < -0.3 is 14.3 Å². The lowest BCUT2D eigenvalue weighted by Crippen LogP contribution is -2.48. The van der Waals surface area contributed by atoms with Crippen LogP contribution in [0.1, 0.15) is 52.5 Å².